The number of thioether (sulfide) groups is 1. The molecule has 0 aliphatic rings. The number of carbonyl (C=O) groups excluding carboxylic acids is 1. The van der Waals surface area contributed by atoms with Crippen LogP contribution in [0.2, 0.25) is 0 Å². The number of amides is 1. The first kappa shape index (κ1) is 23.7. The van der Waals surface area contributed by atoms with Crippen molar-refractivity contribution < 1.29 is 17.9 Å². The Morgan fingerprint density at radius 3 is 2.44 bits per heavy atom. The highest BCUT2D eigenvalue weighted by Gasteiger charge is 2.15. The van der Waals surface area contributed by atoms with Crippen LogP contribution < -0.4 is 14.8 Å². The second-order valence-corrected chi connectivity index (χ2v) is 9.67. The Labute approximate surface area is 193 Å². The molecular formula is C24H26N2O4S2. The van der Waals surface area contributed by atoms with Gasteiger partial charge in [0.1, 0.15) is 5.75 Å². The van der Waals surface area contributed by atoms with Gasteiger partial charge in [0.2, 0.25) is 0 Å². The minimum absolute atomic E-state index is 0.117. The third-order valence-corrected chi connectivity index (χ3v) is 6.89. The van der Waals surface area contributed by atoms with E-state index in [0.717, 1.165) is 11.5 Å². The number of hydrogen-bond acceptors (Lipinski definition) is 5. The van der Waals surface area contributed by atoms with Crippen LogP contribution >= 0.6 is 11.8 Å². The van der Waals surface area contributed by atoms with Crippen LogP contribution in [0.25, 0.3) is 0 Å². The van der Waals surface area contributed by atoms with Crippen LogP contribution in [0, 0.1) is 0 Å². The average molecular weight is 471 g/mol. The summed E-state index contributed by atoms with van der Waals surface area (Å²) in [5.74, 6) is 2.03. The van der Waals surface area contributed by atoms with E-state index >= 15 is 0 Å². The van der Waals surface area contributed by atoms with Crippen molar-refractivity contribution in [2.45, 2.75) is 17.6 Å². The van der Waals surface area contributed by atoms with Gasteiger partial charge < -0.3 is 10.1 Å². The summed E-state index contributed by atoms with van der Waals surface area (Å²) in [6.45, 7) is 2.89. The molecule has 0 heterocycles. The van der Waals surface area contributed by atoms with E-state index in [9.17, 15) is 13.2 Å². The number of benzene rings is 3. The molecular weight excluding hydrogens is 444 g/mol. The Kier molecular flexibility index (Phi) is 8.58. The highest BCUT2D eigenvalue weighted by Crippen LogP contribution is 2.20. The lowest BCUT2D eigenvalue weighted by Gasteiger charge is -2.11. The van der Waals surface area contributed by atoms with Gasteiger partial charge in [-0.05, 0) is 55.0 Å². The van der Waals surface area contributed by atoms with Gasteiger partial charge in [0.25, 0.3) is 15.9 Å². The Morgan fingerprint density at radius 2 is 1.72 bits per heavy atom. The fourth-order valence-electron chi connectivity index (χ4n) is 2.92. The molecule has 0 aromatic heterocycles. The van der Waals surface area contributed by atoms with Gasteiger partial charge in [-0.15, -0.1) is 0 Å². The Balaban J connectivity index is 1.53. The number of sulfonamides is 1. The summed E-state index contributed by atoms with van der Waals surface area (Å²) in [5, 5.41) is 2.87. The van der Waals surface area contributed by atoms with Gasteiger partial charge in [0, 0.05) is 29.3 Å². The zero-order chi connectivity index (χ0) is 22.8. The van der Waals surface area contributed by atoms with E-state index in [1.165, 1.54) is 23.8 Å². The number of ether oxygens (including phenoxy) is 1. The van der Waals surface area contributed by atoms with E-state index in [4.69, 9.17) is 4.74 Å². The Bertz CT molecular complexity index is 1120. The maximum Gasteiger partial charge on any atom is 0.261 e. The van der Waals surface area contributed by atoms with Gasteiger partial charge >= 0.3 is 0 Å². The van der Waals surface area contributed by atoms with Crippen LogP contribution in [0.1, 0.15) is 22.8 Å². The molecule has 0 radical (unpaired) electrons. The molecule has 3 aromatic rings. The van der Waals surface area contributed by atoms with Crippen molar-refractivity contribution in [3.05, 3.63) is 90.0 Å². The van der Waals surface area contributed by atoms with E-state index in [1.54, 1.807) is 42.1 Å². The maximum atomic E-state index is 12.7. The molecule has 0 atom stereocenters. The molecule has 6 nitrogen and oxygen atoms in total. The quantitative estimate of drug-likeness (QED) is 0.402. The summed E-state index contributed by atoms with van der Waals surface area (Å²) in [7, 11) is -3.78. The van der Waals surface area contributed by atoms with E-state index < -0.39 is 10.0 Å². The Hall–Kier alpha value is -2.97. The standard InChI is InChI=1S/C24H26N2O4S2/c1-2-30-22-11-13-23(14-12-22)32(28,29)26-21-10-6-9-20(17-21)24(27)25-15-16-31-18-19-7-4-3-5-8-19/h3-14,17,26H,2,15-16,18H2,1H3,(H,25,27). The molecule has 0 aliphatic carbocycles. The van der Waals surface area contributed by atoms with Gasteiger partial charge in [0.05, 0.1) is 11.5 Å². The van der Waals surface area contributed by atoms with Crippen molar-refractivity contribution in [1.82, 2.24) is 5.32 Å². The molecule has 0 spiro atoms. The average Bonchev–Trinajstić information content (AvgIpc) is 2.80. The largest absolute Gasteiger partial charge is 0.494 e. The van der Waals surface area contributed by atoms with Crippen molar-refractivity contribution in [1.29, 1.82) is 0 Å². The van der Waals surface area contributed by atoms with Crippen LogP contribution in [0.3, 0.4) is 0 Å². The van der Waals surface area contributed by atoms with Crippen LogP contribution in [-0.4, -0.2) is 33.2 Å². The van der Waals surface area contributed by atoms with E-state index in [-0.39, 0.29) is 10.8 Å². The molecule has 3 rings (SSSR count). The SMILES string of the molecule is CCOc1ccc(S(=O)(=O)Nc2cccc(C(=O)NCCSCc3ccccc3)c2)cc1. The molecule has 0 aliphatic heterocycles. The second kappa shape index (κ2) is 11.6. The fourth-order valence-corrected chi connectivity index (χ4v) is 4.79. The van der Waals surface area contributed by atoms with Gasteiger partial charge in [-0.3, -0.25) is 9.52 Å². The predicted octanol–water partition coefficient (Wildman–Crippen LogP) is 4.55. The summed E-state index contributed by atoms with van der Waals surface area (Å²) >= 11 is 1.74. The number of nitrogens with one attached hydrogen (secondary N) is 2. The number of anilines is 1. The van der Waals surface area contributed by atoms with Crippen molar-refractivity contribution in [2.75, 3.05) is 23.6 Å². The summed E-state index contributed by atoms with van der Waals surface area (Å²) in [6, 6.07) is 22.8. The van der Waals surface area contributed by atoms with Crippen LogP contribution in [0.15, 0.2) is 83.8 Å². The monoisotopic (exact) mass is 470 g/mol. The van der Waals surface area contributed by atoms with E-state index in [0.29, 0.717) is 30.2 Å². The lowest BCUT2D eigenvalue weighted by atomic mass is 10.2. The molecule has 0 saturated heterocycles. The molecule has 2 N–H and O–H groups in total. The molecule has 0 unspecified atom stereocenters. The number of carbonyl (C=O) groups is 1. The van der Waals surface area contributed by atoms with Gasteiger partial charge in [-0.2, -0.15) is 11.8 Å². The topological polar surface area (TPSA) is 84.5 Å². The summed E-state index contributed by atoms with van der Waals surface area (Å²) in [6.07, 6.45) is 0. The highest BCUT2D eigenvalue weighted by molar-refractivity contribution is 7.98. The Morgan fingerprint density at radius 1 is 0.969 bits per heavy atom. The van der Waals surface area contributed by atoms with Crippen LogP contribution in [-0.2, 0) is 15.8 Å². The normalized spacial score (nSPS) is 11.0. The predicted molar refractivity (Wildman–Crippen MR) is 130 cm³/mol. The first-order valence-corrected chi connectivity index (χ1v) is 12.9. The van der Waals surface area contributed by atoms with E-state index in [1.807, 2.05) is 25.1 Å². The first-order chi connectivity index (χ1) is 15.5. The number of rotatable bonds is 11. The van der Waals surface area contributed by atoms with Crippen molar-refractivity contribution in [3.63, 3.8) is 0 Å². The summed E-state index contributed by atoms with van der Waals surface area (Å²) < 4.78 is 33.2. The summed E-state index contributed by atoms with van der Waals surface area (Å²) in [4.78, 5) is 12.6. The van der Waals surface area contributed by atoms with Gasteiger partial charge in [-0.25, -0.2) is 8.42 Å². The molecule has 1 amide bonds. The first-order valence-electron chi connectivity index (χ1n) is 10.2. The van der Waals surface area contributed by atoms with E-state index in [2.05, 4.69) is 22.2 Å². The molecule has 0 saturated carbocycles. The number of hydrogen-bond donors (Lipinski definition) is 2. The minimum atomic E-state index is -3.78. The molecule has 0 bridgehead atoms. The highest BCUT2D eigenvalue weighted by atomic mass is 32.2. The minimum Gasteiger partial charge on any atom is -0.494 e. The zero-order valence-electron chi connectivity index (χ0n) is 17.8. The zero-order valence-corrected chi connectivity index (χ0v) is 19.4. The third-order valence-electron chi connectivity index (χ3n) is 4.47. The fraction of sp³-hybridized carbons (Fsp3) is 0.208. The molecule has 32 heavy (non-hydrogen) atoms. The second-order valence-electron chi connectivity index (χ2n) is 6.88. The summed E-state index contributed by atoms with van der Waals surface area (Å²) in [5.41, 5.74) is 1.96. The van der Waals surface area contributed by atoms with Crippen molar-refractivity contribution in [3.8, 4) is 5.75 Å². The lowest BCUT2D eigenvalue weighted by molar-refractivity contribution is 0.0956. The van der Waals surface area contributed by atoms with Crippen molar-refractivity contribution in [2.24, 2.45) is 0 Å². The molecule has 0 fully saturated rings. The van der Waals surface area contributed by atoms with Gasteiger partial charge in [-0.1, -0.05) is 36.4 Å². The molecule has 8 heteroatoms. The lowest BCUT2D eigenvalue weighted by Crippen LogP contribution is -2.26. The molecule has 3 aromatic carbocycles. The smallest absolute Gasteiger partial charge is 0.261 e. The van der Waals surface area contributed by atoms with Crippen LogP contribution in [0.5, 0.6) is 5.75 Å². The van der Waals surface area contributed by atoms with Crippen LogP contribution in [0.4, 0.5) is 5.69 Å². The molecule has 168 valence electrons. The maximum absolute atomic E-state index is 12.7. The van der Waals surface area contributed by atoms with Crippen molar-refractivity contribution >= 4 is 33.4 Å². The third kappa shape index (κ3) is 7.03. The van der Waals surface area contributed by atoms with Gasteiger partial charge in [0.15, 0.2) is 0 Å².